The van der Waals surface area contributed by atoms with Crippen LogP contribution in [0.25, 0.3) is 0 Å². The van der Waals surface area contributed by atoms with Crippen molar-refractivity contribution in [2.45, 2.75) is 0 Å². The predicted octanol–water partition coefficient (Wildman–Crippen LogP) is 3.32. The molecule has 0 saturated heterocycles. The molecule has 1 aromatic carbocycles. The SMILES string of the molecule is O=C(O)c1cnc(Nc2ccccc2F)c(Cl)c1. The second-order valence-electron chi connectivity index (χ2n) is 3.46. The number of hydrogen-bond acceptors (Lipinski definition) is 3. The lowest BCUT2D eigenvalue weighted by Gasteiger charge is -2.08. The second kappa shape index (κ2) is 5.01. The Morgan fingerprint density at radius 2 is 2.11 bits per heavy atom. The van der Waals surface area contributed by atoms with Gasteiger partial charge in [0.15, 0.2) is 0 Å². The quantitative estimate of drug-likeness (QED) is 0.895. The average Bonchev–Trinajstić information content (AvgIpc) is 2.34. The summed E-state index contributed by atoms with van der Waals surface area (Å²) < 4.78 is 13.4. The van der Waals surface area contributed by atoms with Gasteiger partial charge in [0.2, 0.25) is 0 Å². The van der Waals surface area contributed by atoms with E-state index in [1.54, 1.807) is 12.1 Å². The Morgan fingerprint density at radius 3 is 2.72 bits per heavy atom. The first-order valence-electron chi connectivity index (χ1n) is 4.98. The lowest BCUT2D eigenvalue weighted by Crippen LogP contribution is -2.01. The fraction of sp³-hybridized carbons (Fsp3) is 0. The van der Waals surface area contributed by atoms with Gasteiger partial charge in [-0.3, -0.25) is 0 Å². The number of aromatic nitrogens is 1. The van der Waals surface area contributed by atoms with E-state index in [1.807, 2.05) is 0 Å². The van der Waals surface area contributed by atoms with Crippen molar-refractivity contribution in [1.82, 2.24) is 4.98 Å². The van der Waals surface area contributed by atoms with Crippen LogP contribution in [-0.2, 0) is 0 Å². The summed E-state index contributed by atoms with van der Waals surface area (Å²) in [5.74, 6) is -1.37. The average molecular weight is 267 g/mol. The molecule has 0 aliphatic heterocycles. The molecular weight excluding hydrogens is 259 g/mol. The number of nitrogens with zero attached hydrogens (tertiary/aromatic N) is 1. The summed E-state index contributed by atoms with van der Waals surface area (Å²) in [6, 6.07) is 7.29. The van der Waals surface area contributed by atoms with Crippen LogP contribution in [0.1, 0.15) is 10.4 Å². The summed E-state index contributed by atoms with van der Waals surface area (Å²) in [4.78, 5) is 14.5. The van der Waals surface area contributed by atoms with Crippen molar-refractivity contribution in [2.75, 3.05) is 5.32 Å². The maximum absolute atomic E-state index is 13.4. The Hall–Kier alpha value is -2.14. The van der Waals surface area contributed by atoms with Crippen molar-refractivity contribution >= 4 is 29.1 Å². The molecule has 0 bridgehead atoms. The van der Waals surface area contributed by atoms with E-state index >= 15 is 0 Å². The third kappa shape index (κ3) is 2.57. The lowest BCUT2D eigenvalue weighted by atomic mass is 10.2. The minimum Gasteiger partial charge on any atom is -0.478 e. The first-order valence-corrected chi connectivity index (χ1v) is 5.36. The van der Waals surface area contributed by atoms with E-state index in [-0.39, 0.29) is 22.1 Å². The molecule has 1 heterocycles. The molecule has 0 radical (unpaired) electrons. The topological polar surface area (TPSA) is 62.2 Å². The number of anilines is 2. The zero-order valence-electron chi connectivity index (χ0n) is 9.02. The molecule has 2 N–H and O–H groups in total. The Balaban J connectivity index is 2.30. The van der Waals surface area contributed by atoms with Crippen molar-refractivity contribution in [1.29, 1.82) is 0 Å². The fourth-order valence-corrected chi connectivity index (χ4v) is 1.55. The van der Waals surface area contributed by atoms with Gasteiger partial charge in [0.05, 0.1) is 16.3 Å². The van der Waals surface area contributed by atoms with Gasteiger partial charge in [0.25, 0.3) is 0 Å². The number of benzene rings is 1. The molecular formula is C12H8ClFN2O2. The van der Waals surface area contributed by atoms with Crippen LogP contribution in [0.2, 0.25) is 5.02 Å². The van der Waals surface area contributed by atoms with Crippen molar-refractivity contribution in [3.05, 3.63) is 52.9 Å². The van der Waals surface area contributed by atoms with Crippen LogP contribution in [0.5, 0.6) is 0 Å². The number of rotatable bonds is 3. The number of para-hydroxylation sites is 1. The first-order chi connectivity index (χ1) is 8.58. The highest BCUT2D eigenvalue weighted by Gasteiger charge is 2.09. The van der Waals surface area contributed by atoms with Crippen LogP contribution in [-0.4, -0.2) is 16.1 Å². The summed E-state index contributed by atoms with van der Waals surface area (Å²) in [7, 11) is 0. The lowest BCUT2D eigenvalue weighted by molar-refractivity contribution is 0.0696. The highest BCUT2D eigenvalue weighted by molar-refractivity contribution is 6.33. The summed E-state index contributed by atoms with van der Waals surface area (Å²) in [5, 5.41) is 11.6. The molecule has 0 unspecified atom stereocenters. The number of nitrogens with one attached hydrogen (secondary N) is 1. The smallest absolute Gasteiger partial charge is 0.337 e. The Kier molecular flexibility index (Phi) is 3.43. The van der Waals surface area contributed by atoms with Crippen LogP contribution in [0.3, 0.4) is 0 Å². The number of carbonyl (C=O) groups is 1. The Morgan fingerprint density at radius 1 is 1.39 bits per heavy atom. The van der Waals surface area contributed by atoms with E-state index in [0.717, 1.165) is 6.20 Å². The largest absolute Gasteiger partial charge is 0.478 e. The van der Waals surface area contributed by atoms with Gasteiger partial charge in [-0.15, -0.1) is 0 Å². The highest BCUT2D eigenvalue weighted by atomic mass is 35.5. The van der Waals surface area contributed by atoms with Crippen molar-refractivity contribution in [3.8, 4) is 0 Å². The van der Waals surface area contributed by atoms with Crippen molar-refractivity contribution in [3.63, 3.8) is 0 Å². The maximum Gasteiger partial charge on any atom is 0.337 e. The molecule has 0 aliphatic carbocycles. The molecule has 18 heavy (non-hydrogen) atoms. The van der Waals surface area contributed by atoms with Gasteiger partial charge in [0.1, 0.15) is 11.6 Å². The van der Waals surface area contributed by atoms with E-state index in [9.17, 15) is 9.18 Å². The highest BCUT2D eigenvalue weighted by Crippen LogP contribution is 2.25. The van der Waals surface area contributed by atoms with Gasteiger partial charge in [-0.1, -0.05) is 23.7 Å². The van der Waals surface area contributed by atoms with Gasteiger partial charge in [-0.25, -0.2) is 14.2 Å². The van der Waals surface area contributed by atoms with Crippen LogP contribution in [0.4, 0.5) is 15.9 Å². The molecule has 0 amide bonds. The molecule has 0 spiro atoms. The van der Waals surface area contributed by atoms with Crippen molar-refractivity contribution < 1.29 is 14.3 Å². The molecule has 1 aromatic heterocycles. The predicted molar refractivity (Wildman–Crippen MR) is 65.9 cm³/mol. The summed E-state index contributed by atoms with van der Waals surface area (Å²) in [6.07, 6.45) is 1.15. The molecule has 0 atom stereocenters. The van der Waals surface area contributed by atoms with Gasteiger partial charge in [0, 0.05) is 6.20 Å². The molecule has 2 aromatic rings. The number of carboxylic acids is 1. The third-order valence-electron chi connectivity index (χ3n) is 2.22. The molecule has 2 rings (SSSR count). The van der Waals surface area contributed by atoms with Gasteiger partial charge in [-0.2, -0.15) is 0 Å². The van der Waals surface area contributed by atoms with Gasteiger partial charge < -0.3 is 10.4 Å². The van der Waals surface area contributed by atoms with E-state index in [4.69, 9.17) is 16.7 Å². The van der Waals surface area contributed by atoms with Crippen LogP contribution in [0.15, 0.2) is 36.5 Å². The zero-order chi connectivity index (χ0) is 13.1. The summed E-state index contributed by atoms with van der Waals surface area (Å²) >= 11 is 5.86. The van der Waals surface area contributed by atoms with E-state index in [2.05, 4.69) is 10.3 Å². The Labute approximate surface area is 107 Å². The number of halogens is 2. The molecule has 4 nitrogen and oxygen atoms in total. The van der Waals surface area contributed by atoms with Gasteiger partial charge in [-0.05, 0) is 18.2 Å². The maximum atomic E-state index is 13.4. The van der Waals surface area contributed by atoms with E-state index < -0.39 is 11.8 Å². The van der Waals surface area contributed by atoms with E-state index in [0.29, 0.717) is 0 Å². The molecule has 0 saturated carbocycles. The number of carboxylic acid groups (broad SMARTS) is 1. The fourth-order valence-electron chi connectivity index (χ4n) is 1.34. The van der Waals surface area contributed by atoms with Crippen LogP contribution < -0.4 is 5.32 Å². The monoisotopic (exact) mass is 266 g/mol. The molecule has 92 valence electrons. The first kappa shape index (κ1) is 12.3. The minimum absolute atomic E-state index is 0.0286. The number of pyridine rings is 1. The number of hydrogen-bond donors (Lipinski definition) is 2. The second-order valence-corrected chi connectivity index (χ2v) is 3.87. The number of aromatic carboxylic acids is 1. The van der Waals surface area contributed by atoms with Gasteiger partial charge >= 0.3 is 5.97 Å². The summed E-state index contributed by atoms with van der Waals surface area (Å²) in [5.41, 5.74) is 0.189. The van der Waals surface area contributed by atoms with Crippen LogP contribution in [0, 0.1) is 5.82 Å². The normalized spacial score (nSPS) is 10.1. The Bertz CT molecular complexity index is 604. The van der Waals surface area contributed by atoms with Crippen LogP contribution >= 0.6 is 11.6 Å². The third-order valence-corrected chi connectivity index (χ3v) is 2.50. The molecule has 0 fully saturated rings. The minimum atomic E-state index is -1.12. The van der Waals surface area contributed by atoms with E-state index in [1.165, 1.54) is 18.2 Å². The van der Waals surface area contributed by atoms with Crippen molar-refractivity contribution in [2.24, 2.45) is 0 Å². The summed E-state index contributed by atoms with van der Waals surface area (Å²) in [6.45, 7) is 0. The molecule has 0 aliphatic rings. The standard InChI is InChI=1S/C12H8ClFN2O2/c13-8-5-7(12(17)18)6-15-11(8)16-10-4-2-1-3-9(10)14/h1-6H,(H,15,16)(H,17,18). The molecule has 6 heteroatoms. The zero-order valence-corrected chi connectivity index (χ0v) is 9.78.